The Morgan fingerprint density at radius 3 is 2.25 bits per heavy atom. The summed E-state index contributed by atoms with van der Waals surface area (Å²) in [4.78, 5) is 43.9. The highest BCUT2D eigenvalue weighted by molar-refractivity contribution is 8.77. The van der Waals surface area contributed by atoms with Crippen molar-refractivity contribution in [1.29, 1.82) is 0 Å². The highest BCUT2D eigenvalue weighted by atomic mass is 33.1. The summed E-state index contributed by atoms with van der Waals surface area (Å²) >= 11 is 0. The predicted octanol–water partition coefficient (Wildman–Crippen LogP) is 10.9. The van der Waals surface area contributed by atoms with Gasteiger partial charge in [-0.15, -0.1) is 5.06 Å². The molecule has 0 radical (unpaired) electrons. The van der Waals surface area contributed by atoms with Crippen LogP contribution in [0.4, 0.5) is 28.4 Å². The quantitative estimate of drug-likeness (QED) is 0.0318. The molecule has 1 aliphatic carbocycles. The summed E-state index contributed by atoms with van der Waals surface area (Å²) in [6, 6.07) is 30.8. The van der Waals surface area contributed by atoms with Crippen LogP contribution in [-0.4, -0.2) is 136 Å². The number of aliphatic imine (C=N–C) groups is 1. The lowest BCUT2D eigenvalue weighted by Gasteiger charge is -2.30. The fraction of sp³-hybridized carbons (Fsp3) is 0.500. The van der Waals surface area contributed by atoms with Crippen LogP contribution in [0.15, 0.2) is 96.0 Å². The monoisotopic (exact) mass is 1200 g/mol. The Morgan fingerprint density at radius 2 is 1.47 bits per heavy atom. The highest BCUT2D eigenvalue weighted by Gasteiger charge is 2.43. The second-order valence-electron chi connectivity index (χ2n) is 23.6. The molecule has 6 atom stereocenters. The molecule has 3 N–H and O–H groups in total. The van der Waals surface area contributed by atoms with Gasteiger partial charge < -0.3 is 63.5 Å². The number of rotatable bonds is 28. The van der Waals surface area contributed by atoms with Crippen LogP contribution in [0.3, 0.4) is 0 Å². The van der Waals surface area contributed by atoms with E-state index in [1.54, 1.807) is 48.0 Å². The lowest BCUT2D eigenvalue weighted by Crippen LogP contribution is -2.37. The number of nitrogens with one attached hydrogen (secondary N) is 1. The number of methoxy groups -OCH3 is 3. The van der Waals surface area contributed by atoms with E-state index < -0.39 is 12.5 Å². The van der Waals surface area contributed by atoms with E-state index in [0.29, 0.717) is 82.4 Å². The molecule has 1 amide bonds. The van der Waals surface area contributed by atoms with Gasteiger partial charge in [0.25, 0.3) is 0 Å². The number of benzene rings is 5. The summed E-state index contributed by atoms with van der Waals surface area (Å²) in [7, 11) is 8.43. The van der Waals surface area contributed by atoms with Crippen molar-refractivity contribution in [3.63, 3.8) is 0 Å². The Kier molecular flexibility index (Phi) is 19.8. The Bertz CT molecular complexity index is 3180. The van der Waals surface area contributed by atoms with Crippen molar-refractivity contribution in [2.24, 2.45) is 10.9 Å². The molecule has 5 aliphatic heterocycles. The molecule has 5 aromatic rings. The molecule has 85 heavy (non-hydrogen) atoms. The van der Waals surface area contributed by atoms with Crippen LogP contribution in [0, 0.1) is 5.92 Å². The molecule has 0 aromatic heterocycles. The summed E-state index contributed by atoms with van der Waals surface area (Å²) in [6.45, 7) is 9.11. The first kappa shape index (κ1) is 60.6. The van der Waals surface area contributed by atoms with Crippen LogP contribution >= 0.6 is 21.6 Å². The van der Waals surface area contributed by atoms with Crippen LogP contribution in [0.25, 0.3) is 0 Å². The van der Waals surface area contributed by atoms with Crippen LogP contribution in [0.1, 0.15) is 116 Å². The molecule has 5 heterocycles. The van der Waals surface area contributed by atoms with E-state index in [9.17, 15) is 19.8 Å². The van der Waals surface area contributed by atoms with E-state index in [1.165, 1.54) is 11.1 Å². The molecular formula is C66H82N6O11S2. The van der Waals surface area contributed by atoms with Gasteiger partial charge >= 0.3 is 5.97 Å². The van der Waals surface area contributed by atoms with Gasteiger partial charge in [-0.25, -0.2) is 0 Å². The van der Waals surface area contributed by atoms with Crippen molar-refractivity contribution in [3.8, 4) is 17.2 Å². The number of hydrogen-bond acceptors (Lipinski definition) is 18. The molecule has 454 valence electrons. The number of aliphatic hydroxyl groups excluding tert-OH is 2. The van der Waals surface area contributed by atoms with Crippen LogP contribution in [0.5, 0.6) is 17.2 Å². The maximum Gasteiger partial charge on any atom is 0.325 e. The molecule has 11 rings (SSSR count). The first-order chi connectivity index (χ1) is 41.4. The van der Waals surface area contributed by atoms with Gasteiger partial charge in [0, 0.05) is 109 Å². The summed E-state index contributed by atoms with van der Waals surface area (Å²) in [5.74, 6) is 2.79. The molecule has 5 aromatic carbocycles. The van der Waals surface area contributed by atoms with Gasteiger partial charge in [-0.1, -0.05) is 64.1 Å². The Labute approximate surface area is 508 Å². The lowest BCUT2D eigenvalue weighted by molar-refractivity contribution is -0.185. The SMILES string of the molecule is COCCOCCOCCN(C(=O)CCC(C)(C)SSCCCC(=O)ON1CCCC1)c1cc(COc2cc3c(cc2OC)C(O)N2c4ccccc4CC2CN3)cc(CC2CC2c2cc3c(cc2OC)C(O)N2c4ccccc4CC2C=N3)c1. The number of hydroxylamine groups is 2. The summed E-state index contributed by atoms with van der Waals surface area (Å²) in [5, 5.41) is 29.4. The Morgan fingerprint density at radius 1 is 0.765 bits per heavy atom. The first-order valence-corrected chi connectivity index (χ1v) is 32.5. The largest absolute Gasteiger partial charge is 0.496 e. The van der Waals surface area contributed by atoms with Crippen LogP contribution in [-0.2, 0) is 54.5 Å². The molecule has 19 heteroatoms. The average molecular weight is 1200 g/mol. The summed E-state index contributed by atoms with van der Waals surface area (Å²) in [5.41, 5.74) is 11.2. The minimum Gasteiger partial charge on any atom is -0.496 e. The number of nitrogens with zero attached hydrogens (tertiary/aromatic N) is 5. The molecular weight excluding hydrogens is 1120 g/mol. The molecule has 1 saturated heterocycles. The van der Waals surface area contributed by atoms with Gasteiger partial charge in [-0.3, -0.25) is 14.6 Å². The topological polar surface area (TPSA) is 177 Å². The van der Waals surface area contributed by atoms with E-state index >= 15 is 0 Å². The fourth-order valence-corrected chi connectivity index (χ4v) is 15.3. The number of para-hydroxylation sites is 2. The number of carbonyl (C=O) groups excluding carboxylic acids is 2. The molecule has 17 nitrogen and oxygen atoms in total. The van der Waals surface area contributed by atoms with Gasteiger partial charge in [0.1, 0.15) is 12.4 Å². The van der Waals surface area contributed by atoms with Crippen molar-refractivity contribution < 1.29 is 53.1 Å². The Balaban J connectivity index is 0.839. The fourth-order valence-electron chi connectivity index (χ4n) is 12.6. The van der Waals surface area contributed by atoms with E-state index in [2.05, 4.69) is 77.5 Å². The second-order valence-corrected chi connectivity index (χ2v) is 26.7. The number of fused-ring (bicyclic) bond motifs is 8. The predicted molar refractivity (Wildman–Crippen MR) is 336 cm³/mol. The Hall–Kier alpha value is -6.03. The van der Waals surface area contributed by atoms with E-state index in [0.717, 1.165) is 120 Å². The zero-order valence-corrected chi connectivity index (χ0v) is 51.3. The molecule has 0 spiro atoms. The van der Waals surface area contributed by atoms with Gasteiger partial charge in [0.2, 0.25) is 5.91 Å². The number of anilines is 4. The minimum absolute atomic E-state index is 0.0156. The molecule has 2 fully saturated rings. The minimum atomic E-state index is -0.895. The maximum absolute atomic E-state index is 14.9. The zero-order valence-electron chi connectivity index (χ0n) is 49.7. The normalized spacial score (nSPS) is 20.9. The second kappa shape index (κ2) is 27.8. The van der Waals surface area contributed by atoms with Crippen molar-refractivity contribution >= 4 is 68.1 Å². The average Bonchev–Trinajstić information content (AvgIpc) is 1.89. The van der Waals surface area contributed by atoms with Crippen molar-refractivity contribution in [1.82, 2.24) is 5.06 Å². The van der Waals surface area contributed by atoms with Gasteiger partial charge in [0.15, 0.2) is 24.0 Å². The summed E-state index contributed by atoms with van der Waals surface area (Å²) < 4.78 is 35.6. The number of ether oxygens (including phenoxy) is 6. The van der Waals surface area contributed by atoms with Gasteiger partial charge in [-0.05, 0) is 141 Å². The van der Waals surface area contributed by atoms with Gasteiger partial charge in [-0.2, -0.15) is 0 Å². The number of amides is 1. The van der Waals surface area contributed by atoms with Crippen LogP contribution in [0.2, 0.25) is 0 Å². The first-order valence-electron chi connectivity index (χ1n) is 30.2. The number of hydrogen-bond donors (Lipinski definition) is 3. The third-order valence-corrected chi connectivity index (χ3v) is 20.6. The summed E-state index contributed by atoms with van der Waals surface area (Å²) in [6.07, 6.45) is 7.58. The van der Waals surface area contributed by atoms with Gasteiger partial charge in [0.05, 0.1) is 65.0 Å². The van der Waals surface area contributed by atoms with E-state index in [1.807, 2.05) is 53.6 Å². The van der Waals surface area contributed by atoms with Crippen molar-refractivity contribution in [3.05, 3.63) is 130 Å². The lowest BCUT2D eigenvalue weighted by atomic mass is 9.98. The molecule has 1 saturated carbocycles. The van der Waals surface area contributed by atoms with Crippen molar-refractivity contribution in [2.45, 2.75) is 120 Å². The van der Waals surface area contributed by atoms with Crippen LogP contribution < -0.4 is 34.2 Å². The van der Waals surface area contributed by atoms with Crippen molar-refractivity contribution in [2.75, 3.05) is 106 Å². The molecule has 0 bridgehead atoms. The third kappa shape index (κ3) is 14.4. The zero-order chi connectivity index (χ0) is 59.0. The van der Waals surface area contributed by atoms with E-state index in [-0.39, 0.29) is 47.1 Å². The smallest absolute Gasteiger partial charge is 0.325 e. The maximum atomic E-state index is 14.9. The molecule has 6 unspecified atom stereocenters. The number of aliphatic hydroxyl groups is 2. The van der Waals surface area contributed by atoms with E-state index in [4.69, 9.17) is 38.3 Å². The number of carbonyl (C=O) groups is 2. The third-order valence-electron chi connectivity index (χ3n) is 17.1. The highest BCUT2D eigenvalue weighted by Crippen LogP contribution is 2.55. The standard InChI is InChI=1S/C66H82N6O11S2/c1-66(2,85-84-28-12-17-63(74)83-69-20-10-11-21-69)19-18-62(73)70(22-23-80-26-27-81-25-24-77-3)48-31-43(30-47-35-51(47)52-36-55-53(37-59(52)78-4)64(75)71-49(40-67-55)33-45-13-6-8-15-57(45)71)29-44(32-48)42-82-61-39-56-54(38-60(61)79-5)65(76)72-50(41-68-56)34-46-14-7-9-16-58(46)72/h6-9,13-16,29,31-32,36-40,47,49-51,64-65,68,75-76H,10-12,17-28,30,33-35,41-42H2,1-5H3. The molecule has 6 aliphatic rings.